The summed E-state index contributed by atoms with van der Waals surface area (Å²) in [6, 6.07) is 0. The highest BCUT2D eigenvalue weighted by Gasteiger charge is 2.24. The van der Waals surface area contributed by atoms with Crippen molar-refractivity contribution >= 4 is 17.7 Å². The van der Waals surface area contributed by atoms with E-state index in [9.17, 15) is 14.4 Å². The Morgan fingerprint density at radius 1 is 1.18 bits per heavy atom. The van der Waals surface area contributed by atoms with E-state index in [2.05, 4.69) is 6.58 Å². The highest BCUT2D eigenvalue weighted by molar-refractivity contribution is 5.97. The number of hydrogen-bond donors (Lipinski definition) is 0. The van der Waals surface area contributed by atoms with E-state index in [0.717, 1.165) is 0 Å². The summed E-state index contributed by atoms with van der Waals surface area (Å²) in [5.74, 6) is -2.27. The zero-order valence-electron chi connectivity index (χ0n) is 10.4. The Hall–Kier alpha value is -1.65. The summed E-state index contributed by atoms with van der Waals surface area (Å²) in [4.78, 5) is 33.7. The molecule has 0 saturated heterocycles. The van der Waals surface area contributed by atoms with Crippen LogP contribution in [-0.4, -0.2) is 30.9 Å². The summed E-state index contributed by atoms with van der Waals surface area (Å²) >= 11 is 0. The van der Waals surface area contributed by atoms with E-state index in [1.807, 2.05) is 0 Å². The van der Waals surface area contributed by atoms with Gasteiger partial charge in [0.05, 0.1) is 13.2 Å². The standard InChI is InChI=1S/C12H18O5/c1-5-16-12(15)10(9(4)13)6-7-17-11(14)8(2)3/h10H,2,5-7H2,1,3-4H3. The van der Waals surface area contributed by atoms with Crippen LogP contribution in [0.4, 0.5) is 0 Å². The molecule has 0 aromatic carbocycles. The first-order chi connectivity index (χ1) is 7.90. The van der Waals surface area contributed by atoms with Gasteiger partial charge in [-0.05, 0) is 20.8 Å². The van der Waals surface area contributed by atoms with E-state index in [4.69, 9.17) is 9.47 Å². The van der Waals surface area contributed by atoms with Gasteiger partial charge in [0.25, 0.3) is 0 Å². The van der Waals surface area contributed by atoms with Crippen LogP contribution in [0.1, 0.15) is 27.2 Å². The first kappa shape index (κ1) is 15.3. The molecule has 0 aromatic rings. The maximum atomic E-state index is 11.4. The van der Waals surface area contributed by atoms with Crippen molar-refractivity contribution in [1.82, 2.24) is 0 Å². The second kappa shape index (κ2) is 7.60. The fraction of sp³-hybridized carbons (Fsp3) is 0.583. The van der Waals surface area contributed by atoms with Crippen LogP contribution in [0, 0.1) is 5.92 Å². The van der Waals surface area contributed by atoms with Crippen molar-refractivity contribution in [3.8, 4) is 0 Å². The Labute approximate surface area is 101 Å². The van der Waals surface area contributed by atoms with E-state index in [0.29, 0.717) is 0 Å². The van der Waals surface area contributed by atoms with Gasteiger partial charge in [-0.25, -0.2) is 4.79 Å². The average molecular weight is 242 g/mol. The summed E-state index contributed by atoms with van der Waals surface area (Å²) in [6.07, 6.45) is 0.132. The Bertz CT molecular complexity index is 319. The third-order valence-electron chi connectivity index (χ3n) is 2.05. The Morgan fingerprint density at radius 2 is 1.76 bits per heavy atom. The van der Waals surface area contributed by atoms with E-state index < -0.39 is 17.9 Å². The van der Waals surface area contributed by atoms with E-state index in [-0.39, 0.29) is 31.0 Å². The van der Waals surface area contributed by atoms with Crippen LogP contribution in [0.25, 0.3) is 0 Å². The molecule has 5 nitrogen and oxygen atoms in total. The fourth-order valence-electron chi connectivity index (χ4n) is 1.12. The number of carbonyl (C=O) groups is 3. The molecule has 0 heterocycles. The average Bonchev–Trinajstić information content (AvgIpc) is 2.23. The summed E-state index contributed by atoms with van der Waals surface area (Å²) in [5, 5.41) is 0. The third kappa shape index (κ3) is 5.85. The first-order valence-electron chi connectivity index (χ1n) is 5.39. The lowest BCUT2D eigenvalue weighted by atomic mass is 10.0. The van der Waals surface area contributed by atoms with Crippen molar-refractivity contribution in [3.63, 3.8) is 0 Å². The van der Waals surface area contributed by atoms with Crippen LogP contribution in [0.2, 0.25) is 0 Å². The zero-order chi connectivity index (χ0) is 13.4. The number of carbonyl (C=O) groups excluding carboxylic acids is 3. The van der Waals surface area contributed by atoms with Gasteiger partial charge in [-0.15, -0.1) is 0 Å². The smallest absolute Gasteiger partial charge is 0.333 e. The minimum Gasteiger partial charge on any atom is -0.465 e. The highest BCUT2D eigenvalue weighted by atomic mass is 16.5. The molecule has 1 atom stereocenters. The lowest BCUT2D eigenvalue weighted by molar-refractivity contribution is -0.153. The molecule has 0 spiro atoms. The molecule has 5 heteroatoms. The van der Waals surface area contributed by atoms with E-state index in [1.54, 1.807) is 6.92 Å². The van der Waals surface area contributed by atoms with Gasteiger partial charge in [0.2, 0.25) is 0 Å². The number of ketones is 1. The molecule has 0 aliphatic rings. The van der Waals surface area contributed by atoms with Gasteiger partial charge in [0.1, 0.15) is 11.7 Å². The second-order valence-electron chi connectivity index (χ2n) is 3.62. The minimum absolute atomic E-state index is 0.00520. The Kier molecular flexibility index (Phi) is 6.86. The molecule has 0 saturated carbocycles. The van der Waals surface area contributed by atoms with Crippen LogP contribution < -0.4 is 0 Å². The molecular formula is C12H18O5. The summed E-state index contributed by atoms with van der Waals surface area (Å²) in [7, 11) is 0. The van der Waals surface area contributed by atoms with Gasteiger partial charge in [-0.3, -0.25) is 9.59 Å². The topological polar surface area (TPSA) is 69.7 Å². The van der Waals surface area contributed by atoms with Crippen molar-refractivity contribution < 1.29 is 23.9 Å². The molecule has 0 amide bonds. The first-order valence-corrected chi connectivity index (χ1v) is 5.39. The van der Waals surface area contributed by atoms with Crippen LogP contribution in [0.15, 0.2) is 12.2 Å². The number of ether oxygens (including phenoxy) is 2. The molecule has 0 rings (SSSR count). The van der Waals surface area contributed by atoms with Crippen LogP contribution in [0.5, 0.6) is 0 Å². The van der Waals surface area contributed by atoms with Crippen LogP contribution >= 0.6 is 0 Å². The minimum atomic E-state index is -0.868. The monoisotopic (exact) mass is 242 g/mol. The van der Waals surface area contributed by atoms with Gasteiger partial charge in [0.15, 0.2) is 0 Å². The summed E-state index contributed by atoms with van der Waals surface area (Å²) < 4.78 is 9.57. The molecule has 0 N–H and O–H groups in total. The van der Waals surface area contributed by atoms with Crippen molar-refractivity contribution in [1.29, 1.82) is 0 Å². The van der Waals surface area contributed by atoms with Gasteiger partial charge in [0, 0.05) is 12.0 Å². The molecule has 0 radical (unpaired) electrons. The van der Waals surface area contributed by atoms with Crippen molar-refractivity contribution in [2.45, 2.75) is 27.2 Å². The van der Waals surface area contributed by atoms with E-state index in [1.165, 1.54) is 13.8 Å². The molecule has 0 aliphatic heterocycles. The molecule has 1 unspecified atom stereocenters. The number of hydrogen-bond acceptors (Lipinski definition) is 5. The molecule has 17 heavy (non-hydrogen) atoms. The third-order valence-corrected chi connectivity index (χ3v) is 2.05. The zero-order valence-corrected chi connectivity index (χ0v) is 10.4. The molecule has 96 valence electrons. The molecular weight excluding hydrogens is 224 g/mol. The van der Waals surface area contributed by atoms with Crippen LogP contribution in [-0.2, 0) is 23.9 Å². The lowest BCUT2D eigenvalue weighted by Crippen LogP contribution is -2.26. The summed E-state index contributed by atoms with van der Waals surface area (Å²) in [6.45, 7) is 8.13. The fourth-order valence-corrected chi connectivity index (χ4v) is 1.12. The van der Waals surface area contributed by atoms with Crippen molar-refractivity contribution in [3.05, 3.63) is 12.2 Å². The molecule has 0 aliphatic carbocycles. The number of Topliss-reactive ketones (excluding diaryl/α,β-unsaturated/α-hetero) is 1. The largest absolute Gasteiger partial charge is 0.465 e. The molecule has 0 bridgehead atoms. The maximum absolute atomic E-state index is 11.4. The van der Waals surface area contributed by atoms with Gasteiger partial charge in [-0.2, -0.15) is 0 Å². The van der Waals surface area contributed by atoms with Gasteiger partial charge in [-0.1, -0.05) is 6.58 Å². The second-order valence-corrected chi connectivity index (χ2v) is 3.62. The quantitative estimate of drug-likeness (QED) is 0.382. The van der Waals surface area contributed by atoms with Crippen molar-refractivity contribution in [2.24, 2.45) is 5.92 Å². The van der Waals surface area contributed by atoms with Crippen LogP contribution in [0.3, 0.4) is 0 Å². The van der Waals surface area contributed by atoms with E-state index >= 15 is 0 Å². The van der Waals surface area contributed by atoms with Gasteiger partial charge >= 0.3 is 11.9 Å². The predicted octanol–water partition coefficient (Wildman–Crippen LogP) is 1.26. The van der Waals surface area contributed by atoms with Gasteiger partial charge < -0.3 is 9.47 Å². The Morgan fingerprint density at radius 3 is 2.18 bits per heavy atom. The number of rotatable bonds is 7. The normalized spacial score (nSPS) is 11.5. The highest BCUT2D eigenvalue weighted by Crippen LogP contribution is 2.08. The SMILES string of the molecule is C=C(C)C(=O)OCCC(C(C)=O)C(=O)OCC. The molecule has 0 aromatic heterocycles. The Balaban J connectivity index is 4.20. The molecule has 0 fully saturated rings. The summed E-state index contributed by atoms with van der Waals surface area (Å²) in [5.41, 5.74) is 0.278. The maximum Gasteiger partial charge on any atom is 0.333 e. The lowest BCUT2D eigenvalue weighted by Gasteiger charge is -2.12. The predicted molar refractivity (Wildman–Crippen MR) is 61.2 cm³/mol. The van der Waals surface area contributed by atoms with Crippen molar-refractivity contribution in [2.75, 3.05) is 13.2 Å². The number of esters is 2.